The molecule has 2 atom stereocenters. The van der Waals surface area contributed by atoms with Crippen LogP contribution in [-0.4, -0.2) is 18.6 Å². The third-order valence-corrected chi connectivity index (χ3v) is 3.45. The van der Waals surface area contributed by atoms with E-state index >= 15 is 0 Å². The van der Waals surface area contributed by atoms with Crippen molar-refractivity contribution in [2.45, 2.75) is 45.8 Å². The maximum Gasteiger partial charge on any atom is 0.267 e. The molecule has 0 aromatic heterocycles. The molecular weight excluding hydrogens is 240 g/mol. The third kappa shape index (κ3) is 2.73. The minimum absolute atomic E-state index is 0.0303. The number of rotatable bonds is 4. The van der Waals surface area contributed by atoms with E-state index in [2.05, 4.69) is 6.92 Å². The van der Waals surface area contributed by atoms with E-state index in [4.69, 9.17) is 10.5 Å². The molecule has 1 aromatic carbocycles. The van der Waals surface area contributed by atoms with Crippen molar-refractivity contribution in [1.29, 1.82) is 0 Å². The Kier molecular flexibility index (Phi) is 4.10. The van der Waals surface area contributed by atoms with Crippen molar-refractivity contribution in [3.63, 3.8) is 0 Å². The molecular formula is C15H22N2O2. The highest BCUT2D eigenvalue weighted by Crippen LogP contribution is 2.36. The van der Waals surface area contributed by atoms with Gasteiger partial charge in [0.2, 0.25) is 0 Å². The Labute approximate surface area is 114 Å². The van der Waals surface area contributed by atoms with Crippen LogP contribution in [0.5, 0.6) is 5.75 Å². The molecule has 0 radical (unpaired) electrons. The zero-order chi connectivity index (χ0) is 14.0. The largest absolute Gasteiger partial charge is 0.479 e. The lowest BCUT2D eigenvalue weighted by Crippen LogP contribution is -2.45. The second-order valence-electron chi connectivity index (χ2n) is 5.12. The number of benzene rings is 1. The van der Waals surface area contributed by atoms with Gasteiger partial charge in [0.05, 0.1) is 5.69 Å². The zero-order valence-electron chi connectivity index (χ0n) is 11.8. The van der Waals surface area contributed by atoms with Gasteiger partial charge in [0, 0.05) is 12.6 Å². The number of ether oxygens (including phenoxy) is 1. The summed E-state index contributed by atoms with van der Waals surface area (Å²) in [6, 6.07) is 5.80. The van der Waals surface area contributed by atoms with Gasteiger partial charge < -0.3 is 15.4 Å². The van der Waals surface area contributed by atoms with Gasteiger partial charge >= 0.3 is 0 Å². The van der Waals surface area contributed by atoms with Gasteiger partial charge in [-0.1, -0.05) is 19.4 Å². The van der Waals surface area contributed by atoms with E-state index in [0.29, 0.717) is 0 Å². The molecule has 0 aliphatic carbocycles. The van der Waals surface area contributed by atoms with Crippen molar-refractivity contribution in [3.05, 3.63) is 23.8 Å². The Balaban J connectivity index is 2.38. The fourth-order valence-corrected chi connectivity index (χ4v) is 2.25. The minimum atomic E-state index is -0.412. The van der Waals surface area contributed by atoms with Gasteiger partial charge in [-0.25, -0.2) is 0 Å². The summed E-state index contributed by atoms with van der Waals surface area (Å²) in [5.74, 6) is 0.801. The third-order valence-electron chi connectivity index (χ3n) is 3.45. The van der Waals surface area contributed by atoms with Crippen molar-refractivity contribution in [2.75, 3.05) is 11.4 Å². The van der Waals surface area contributed by atoms with E-state index in [9.17, 15) is 4.79 Å². The van der Waals surface area contributed by atoms with Gasteiger partial charge in [-0.05, 0) is 38.0 Å². The van der Waals surface area contributed by atoms with Gasteiger partial charge in [0.1, 0.15) is 5.75 Å². The van der Waals surface area contributed by atoms with Crippen molar-refractivity contribution < 1.29 is 9.53 Å². The maximum atomic E-state index is 12.2. The molecule has 0 spiro atoms. The van der Waals surface area contributed by atoms with Crippen LogP contribution in [0.4, 0.5) is 5.69 Å². The van der Waals surface area contributed by atoms with E-state index < -0.39 is 6.10 Å². The first-order valence-corrected chi connectivity index (χ1v) is 6.92. The molecule has 2 rings (SSSR count). The summed E-state index contributed by atoms with van der Waals surface area (Å²) in [4.78, 5) is 14.1. The van der Waals surface area contributed by atoms with E-state index in [0.717, 1.165) is 36.4 Å². The summed E-state index contributed by atoms with van der Waals surface area (Å²) in [6.45, 7) is 6.59. The van der Waals surface area contributed by atoms with E-state index in [1.807, 2.05) is 30.0 Å². The molecule has 0 saturated carbocycles. The first-order chi connectivity index (χ1) is 9.04. The smallest absolute Gasteiger partial charge is 0.267 e. The summed E-state index contributed by atoms with van der Waals surface area (Å²) >= 11 is 0. The number of unbranched alkanes of at least 4 members (excludes halogenated alkanes) is 1. The molecule has 1 aliphatic heterocycles. The summed E-state index contributed by atoms with van der Waals surface area (Å²) in [6.07, 6.45) is 1.63. The number of nitrogens with two attached hydrogens (primary N) is 1. The molecule has 1 amide bonds. The average molecular weight is 262 g/mol. The second-order valence-corrected chi connectivity index (χ2v) is 5.12. The Morgan fingerprint density at radius 2 is 2.21 bits per heavy atom. The Morgan fingerprint density at radius 3 is 2.84 bits per heavy atom. The lowest BCUT2D eigenvalue weighted by Gasteiger charge is -2.33. The highest BCUT2D eigenvalue weighted by Gasteiger charge is 2.31. The van der Waals surface area contributed by atoms with Gasteiger partial charge in [0.25, 0.3) is 5.91 Å². The van der Waals surface area contributed by atoms with Crippen LogP contribution in [-0.2, 0) is 4.79 Å². The molecule has 104 valence electrons. The van der Waals surface area contributed by atoms with Crippen LogP contribution in [0.3, 0.4) is 0 Å². The molecule has 0 fully saturated rings. The quantitative estimate of drug-likeness (QED) is 0.907. The number of anilines is 1. The number of hydrogen-bond donors (Lipinski definition) is 1. The van der Waals surface area contributed by atoms with Crippen LogP contribution >= 0.6 is 0 Å². The van der Waals surface area contributed by atoms with Crippen LogP contribution < -0.4 is 15.4 Å². The molecule has 1 heterocycles. The maximum absolute atomic E-state index is 12.2. The molecule has 0 bridgehead atoms. The van der Waals surface area contributed by atoms with Gasteiger partial charge in [-0.3, -0.25) is 4.79 Å². The molecule has 2 N–H and O–H groups in total. The van der Waals surface area contributed by atoms with Crippen molar-refractivity contribution in [2.24, 2.45) is 5.73 Å². The fraction of sp³-hybridized carbons (Fsp3) is 0.533. The number of hydrogen-bond acceptors (Lipinski definition) is 3. The Hall–Kier alpha value is -1.55. The number of fused-ring (bicyclic) bond motifs is 1. The number of amides is 1. The summed E-state index contributed by atoms with van der Waals surface area (Å²) < 4.78 is 5.66. The predicted molar refractivity (Wildman–Crippen MR) is 76.4 cm³/mol. The standard InChI is InChI=1S/C15H22N2O2/c1-4-5-8-17-13-9-12(10(2)16)6-7-14(13)19-11(3)15(17)18/h6-7,9-11H,4-5,8,16H2,1-3H3. The van der Waals surface area contributed by atoms with Crippen LogP contribution in [0.15, 0.2) is 18.2 Å². The van der Waals surface area contributed by atoms with Crippen LogP contribution in [0.1, 0.15) is 45.2 Å². The van der Waals surface area contributed by atoms with E-state index in [-0.39, 0.29) is 11.9 Å². The molecule has 4 nitrogen and oxygen atoms in total. The first kappa shape index (κ1) is 13.9. The Morgan fingerprint density at radius 1 is 1.47 bits per heavy atom. The SMILES string of the molecule is CCCCN1C(=O)C(C)Oc2ccc(C(C)N)cc21. The summed E-state index contributed by atoms with van der Waals surface area (Å²) in [5, 5.41) is 0. The fourth-order valence-electron chi connectivity index (χ4n) is 2.25. The predicted octanol–water partition coefficient (Wildman–Crippen LogP) is 2.62. The topological polar surface area (TPSA) is 55.6 Å². The van der Waals surface area contributed by atoms with Gasteiger partial charge in [-0.2, -0.15) is 0 Å². The molecule has 4 heteroatoms. The van der Waals surface area contributed by atoms with Crippen molar-refractivity contribution in [1.82, 2.24) is 0 Å². The summed E-state index contributed by atoms with van der Waals surface area (Å²) in [7, 11) is 0. The number of carbonyl (C=O) groups excluding carboxylic acids is 1. The molecule has 0 saturated heterocycles. The van der Waals surface area contributed by atoms with Crippen molar-refractivity contribution >= 4 is 11.6 Å². The Bertz CT molecular complexity index is 471. The van der Waals surface area contributed by atoms with Gasteiger partial charge in [-0.15, -0.1) is 0 Å². The van der Waals surface area contributed by atoms with Crippen LogP contribution in [0.25, 0.3) is 0 Å². The number of carbonyl (C=O) groups is 1. The zero-order valence-corrected chi connectivity index (χ0v) is 11.8. The molecule has 1 aromatic rings. The second kappa shape index (κ2) is 5.61. The van der Waals surface area contributed by atoms with E-state index in [1.165, 1.54) is 0 Å². The monoisotopic (exact) mass is 262 g/mol. The highest BCUT2D eigenvalue weighted by molar-refractivity contribution is 5.99. The summed E-state index contributed by atoms with van der Waals surface area (Å²) in [5.41, 5.74) is 7.78. The van der Waals surface area contributed by atoms with E-state index in [1.54, 1.807) is 6.92 Å². The highest BCUT2D eigenvalue weighted by atomic mass is 16.5. The average Bonchev–Trinajstić information content (AvgIpc) is 2.39. The van der Waals surface area contributed by atoms with Gasteiger partial charge in [0.15, 0.2) is 6.10 Å². The van der Waals surface area contributed by atoms with Crippen LogP contribution in [0.2, 0.25) is 0 Å². The number of nitrogens with zero attached hydrogens (tertiary/aromatic N) is 1. The molecule has 2 unspecified atom stereocenters. The lowest BCUT2D eigenvalue weighted by molar-refractivity contribution is -0.125. The minimum Gasteiger partial charge on any atom is -0.479 e. The molecule has 1 aliphatic rings. The normalized spacial score (nSPS) is 19.9. The first-order valence-electron chi connectivity index (χ1n) is 6.92. The van der Waals surface area contributed by atoms with Crippen molar-refractivity contribution in [3.8, 4) is 5.75 Å². The lowest BCUT2D eigenvalue weighted by atomic mass is 10.1. The molecule has 19 heavy (non-hydrogen) atoms. The van der Waals surface area contributed by atoms with Crippen LogP contribution in [0, 0.1) is 0 Å².